The van der Waals surface area contributed by atoms with Gasteiger partial charge in [0.15, 0.2) is 0 Å². The molecule has 0 aromatic heterocycles. The zero-order valence-electron chi connectivity index (χ0n) is 11.0. The number of allylic oxidation sites excluding steroid dienone is 1. The molecule has 0 bridgehead atoms. The largest absolute Gasteiger partial charge is 0.392 e. The quantitative estimate of drug-likeness (QED) is 0.687. The summed E-state index contributed by atoms with van der Waals surface area (Å²) in [5.74, 6) is 0.224. The third kappa shape index (κ3) is 1.88. The van der Waals surface area contributed by atoms with E-state index in [2.05, 4.69) is 20.1 Å². The van der Waals surface area contributed by atoms with Crippen LogP contribution < -0.4 is 0 Å². The van der Waals surface area contributed by atoms with Gasteiger partial charge in [-0.1, -0.05) is 25.7 Å². The molecule has 2 heteroatoms. The fourth-order valence-electron chi connectivity index (χ4n) is 3.61. The number of rotatable bonds is 1. The molecule has 0 saturated heterocycles. The van der Waals surface area contributed by atoms with Crippen LogP contribution in [0.15, 0.2) is 24.3 Å². The molecule has 2 aliphatic rings. The van der Waals surface area contributed by atoms with E-state index in [1.165, 1.54) is 5.57 Å². The van der Waals surface area contributed by atoms with Crippen LogP contribution in [0.4, 0.5) is 0 Å². The molecule has 17 heavy (non-hydrogen) atoms. The molecule has 0 unspecified atom stereocenters. The summed E-state index contributed by atoms with van der Waals surface area (Å²) in [5, 5.41) is 21.0. The van der Waals surface area contributed by atoms with Crippen molar-refractivity contribution in [3.63, 3.8) is 0 Å². The van der Waals surface area contributed by atoms with Crippen molar-refractivity contribution >= 4 is 0 Å². The van der Waals surface area contributed by atoms with Gasteiger partial charge >= 0.3 is 0 Å². The summed E-state index contributed by atoms with van der Waals surface area (Å²) in [6, 6.07) is 0. The SMILES string of the molecule is C=C1CCC[C@]2(C)[C@H](O)C[C@@](O)(C(=C)C)C[C@@H]12. The van der Waals surface area contributed by atoms with Crippen LogP contribution in [0.1, 0.15) is 46.0 Å². The summed E-state index contributed by atoms with van der Waals surface area (Å²) in [5.41, 5.74) is 0.940. The van der Waals surface area contributed by atoms with Gasteiger partial charge in [0.2, 0.25) is 0 Å². The van der Waals surface area contributed by atoms with Crippen molar-refractivity contribution in [3.05, 3.63) is 24.3 Å². The predicted octanol–water partition coefficient (Wildman–Crippen LogP) is 2.81. The van der Waals surface area contributed by atoms with Gasteiger partial charge in [-0.25, -0.2) is 0 Å². The molecule has 0 heterocycles. The highest BCUT2D eigenvalue weighted by atomic mass is 16.3. The van der Waals surface area contributed by atoms with Crippen molar-refractivity contribution in [3.8, 4) is 0 Å². The van der Waals surface area contributed by atoms with Gasteiger partial charge in [0.25, 0.3) is 0 Å². The number of fused-ring (bicyclic) bond motifs is 1. The second-order valence-electron chi connectivity index (χ2n) is 6.31. The van der Waals surface area contributed by atoms with Crippen molar-refractivity contribution in [2.75, 3.05) is 0 Å². The lowest BCUT2D eigenvalue weighted by Crippen LogP contribution is -2.54. The van der Waals surface area contributed by atoms with Crippen LogP contribution in [0.3, 0.4) is 0 Å². The average molecular weight is 236 g/mol. The zero-order chi connectivity index (χ0) is 12.8. The molecule has 2 nitrogen and oxygen atoms in total. The highest BCUT2D eigenvalue weighted by Crippen LogP contribution is 2.55. The molecule has 2 aliphatic carbocycles. The van der Waals surface area contributed by atoms with Gasteiger partial charge in [0.05, 0.1) is 11.7 Å². The second-order valence-corrected chi connectivity index (χ2v) is 6.31. The fourth-order valence-corrected chi connectivity index (χ4v) is 3.61. The van der Waals surface area contributed by atoms with Crippen molar-refractivity contribution in [2.45, 2.75) is 57.7 Å². The number of aliphatic hydroxyl groups is 2. The Morgan fingerprint density at radius 3 is 2.65 bits per heavy atom. The molecule has 0 aromatic rings. The molecule has 4 atom stereocenters. The minimum Gasteiger partial charge on any atom is -0.392 e. The Kier molecular flexibility index (Phi) is 2.99. The summed E-state index contributed by atoms with van der Waals surface area (Å²) in [6.07, 6.45) is 3.80. The van der Waals surface area contributed by atoms with Gasteiger partial charge in [0.1, 0.15) is 0 Å². The van der Waals surface area contributed by atoms with E-state index in [9.17, 15) is 10.2 Å². The monoisotopic (exact) mass is 236 g/mol. The number of hydrogen-bond acceptors (Lipinski definition) is 2. The third-order valence-corrected chi connectivity index (χ3v) is 5.13. The predicted molar refractivity (Wildman–Crippen MR) is 69.6 cm³/mol. The molecule has 0 radical (unpaired) electrons. The van der Waals surface area contributed by atoms with Crippen LogP contribution >= 0.6 is 0 Å². The molecule has 0 amide bonds. The van der Waals surface area contributed by atoms with Crippen LogP contribution in [0.25, 0.3) is 0 Å². The Hall–Kier alpha value is -0.600. The molecule has 2 N–H and O–H groups in total. The minimum atomic E-state index is -0.913. The second kappa shape index (κ2) is 3.96. The summed E-state index contributed by atoms with van der Waals surface area (Å²) >= 11 is 0. The lowest BCUT2D eigenvalue weighted by atomic mass is 9.54. The van der Waals surface area contributed by atoms with Crippen molar-refractivity contribution in [1.29, 1.82) is 0 Å². The van der Waals surface area contributed by atoms with Gasteiger partial charge < -0.3 is 10.2 Å². The van der Waals surface area contributed by atoms with Crippen LogP contribution in [0.5, 0.6) is 0 Å². The van der Waals surface area contributed by atoms with Crippen LogP contribution in [-0.2, 0) is 0 Å². The first kappa shape index (κ1) is 12.8. The maximum absolute atomic E-state index is 10.6. The van der Waals surface area contributed by atoms with E-state index < -0.39 is 11.7 Å². The Morgan fingerprint density at radius 2 is 2.06 bits per heavy atom. The number of hydrogen-bond donors (Lipinski definition) is 2. The Balaban J connectivity index is 2.34. The van der Waals surface area contributed by atoms with Crippen LogP contribution in [-0.4, -0.2) is 21.9 Å². The van der Waals surface area contributed by atoms with E-state index in [0.29, 0.717) is 12.8 Å². The molecular formula is C15H24O2. The summed E-state index contributed by atoms with van der Waals surface area (Å²) in [7, 11) is 0. The molecular weight excluding hydrogens is 212 g/mol. The van der Waals surface area contributed by atoms with Gasteiger partial charge in [0, 0.05) is 11.8 Å². The Bertz CT molecular complexity index is 360. The van der Waals surface area contributed by atoms with Crippen molar-refractivity contribution < 1.29 is 10.2 Å². The molecule has 96 valence electrons. The summed E-state index contributed by atoms with van der Waals surface area (Å²) < 4.78 is 0. The molecule has 0 aromatic carbocycles. The van der Waals surface area contributed by atoms with Gasteiger partial charge in [-0.2, -0.15) is 0 Å². The zero-order valence-corrected chi connectivity index (χ0v) is 11.0. The molecule has 0 aliphatic heterocycles. The fraction of sp³-hybridized carbons (Fsp3) is 0.733. The van der Waals surface area contributed by atoms with Gasteiger partial charge in [-0.3, -0.25) is 0 Å². The van der Waals surface area contributed by atoms with E-state index in [1.54, 1.807) is 0 Å². The standard InChI is InChI=1S/C15H24O2/c1-10(2)15(17)8-12-11(3)6-5-7-14(12,4)13(16)9-15/h12-13,16-17H,1,3,5-9H2,2,4H3/t12-,13+,14-,15+/m0/s1. The van der Waals surface area contributed by atoms with Crippen molar-refractivity contribution in [2.24, 2.45) is 11.3 Å². The highest BCUT2D eigenvalue weighted by Gasteiger charge is 2.53. The van der Waals surface area contributed by atoms with E-state index in [1.807, 2.05) is 6.92 Å². The lowest BCUT2D eigenvalue weighted by Gasteiger charge is -2.54. The summed E-state index contributed by atoms with van der Waals surface area (Å²) in [4.78, 5) is 0. The van der Waals surface area contributed by atoms with E-state index >= 15 is 0 Å². The molecule has 0 spiro atoms. The average Bonchev–Trinajstić information content (AvgIpc) is 2.22. The van der Waals surface area contributed by atoms with E-state index in [4.69, 9.17) is 0 Å². The first-order valence-corrected chi connectivity index (χ1v) is 6.54. The van der Waals surface area contributed by atoms with Crippen LogP contribution in [0.2, 0.25) is 0 Å². The lowest BCUT2D eigenvalue weighted by molar-refractivity contribution is -0.120. The third-order valence-electron chi connectivity index (χ3n) is 5.13. The Labute approximate surface area is 104 Å². The van der Waals surface area contributed by atoms with Gasteiger partial charge in [-0.15, -0.1) is 0 Å². The first-order chi connectivity index (χ1) is 7.79. The molecule has 2 rings (SSSR count). The van der Waals surface area contributed by atoms with Gasteiger partial charge in [-0.05, 0) is 44.1 Å². The maximum Gasteiger partial charge on any atom is 0.0882 e. The van der Waals surface area contributed by atoms with E-state index in [0.717, 1.165) is 24.8 Å². The topological polar surface area (TPSA) is 40.5 Å². The highest BCUT2D eigenvalue weighted by molar-refractivity contribution is 5.22. The van der Waals surface area contributed by atoms with Crippen molar-refractivity contribution in [1.82, 2.24) is 0 Å². The smallest absolute Gasteiger partial charge is 0.0882 e. The molecule has 2 saturated carbocycles. The number of aliphatic hydroxyl groups excluding tert-OH is 1. The van der Waals surface area contributed by atoms with Crippen LogP contribution in [0, 0.1) is 11.3 Å². The van der Waals surface area contributed by atoms with E-state index in [-0.39, 0.29) is 11.3 Å². The maximum atomic E-state index is 10.6. The first-order valence-electron chi connectivity index (χ1n) is 6.54. The summed E-state index contributed by atoms with van der Waals surface area (Å²) in [6.45, 7) is 12.0. The molecule has 2 fully saturated rings. The normalized spacial score (nSPS) is 46.5. The Morgan fingerprint density at radius 1 is 1.41 bits per heavy atom. The minimum absolute atomic E-state index is 0.100.